The first-order valence-electron chi connectivity index (χ1n) is 5.03. The van der Waals surface area contributed by atoms with Crippen LogP contribution in [0.25, 0.3) is 0 Å². The first-order chi connectivity index (χ1) is 7.38. The standard InChI is InChI=1S/C11H18O5/c1-7(2)15-10(12)9(6-14-5)11(13)16-8(3)4/h6-8H,1-5H3. The average molecular weight is 230 g/mol. The van der Waals surface area contributed by atoms with E-state index >= 15 is 0 Å². The van der Waals surface area contributed by atoms with E-state index in [1.807, 2.05) is 0 Å². The molecule has 0 aromatic rings. The van der Waals surface area contributed by atoms with Crippen LogP contribution in [0.3, 0.4) is 0 Å². The van der Waals surface area contributed by atoms with Crippen LogP contribution in [0.15, 0.2) is 11.8 Å². The number of methoxy groups -OCH3 is 1. The zero-order valence-electron chi connectivity index (χ0n) is 10.3. The minimum absolute atomic E-state index is 0.245. The van der Waals surface area contributed by atoms with E-state index in [1.54, 1.807) is 27.7 Å². The van der Waals surface area contributed by atoms with E-state index in [0.29, 0.717) is 0 Å². The van der Waals surface area contributed by atoms with Crippen molar-refractivity contribution in [2.24, 2.45) is 0 Å². The molecule has 0 bridgehead atoms. The normalized spacial score (nSPS) is 9.94. The lowest BCUT2D eigenvalue weighted by Gasteiger charge is -2.12. The fourth-order valence-electron chi connectivity index (χ4n) is 0.853. The van der Waals surface area contributed by atoms with Crippen molar-refractivity contribution < 1.29 is 23.8 Å². The lowest BCUT2D eigenvalue weighted by atomic mass is 10.3. The molecule has 0 aliphatic carbocycles. The third kappa shape index (κ3) is 5.38. The molecule has 0 atom stereocenters. The molecule has 0 saturated carbocycles. The van der Waals surface area contributed by atoms with Gasteiger partial charge in [0.2, 0.25) is 0 Å². The molecule has 0 unspecified atom stereocenters. The Morgan fingerprint density at radius 2 is 1.31 bits per heavy atom. The van der Waals surface area contributed by atoms with Gasteiger partial charge < -0.3 is 14.2 Å². The van der Waals surface area contributed by atoms with E-state index in [0.717, 1.165) is 6.26 Å². The van der Waals surface area contributed by atoms with Crippen LogP contribution in [0.1, 0.15) is 27.7 Å². The van der Waals surface area contributed by atoms with Gasteiger partial charge in [-0.1, -0.05) is 0 Å². The lowest BCUT2D eigenvalue weighted by Crippen LogP contribution is -2.23. The van der Waals surface area contributed by atoms with Crippen LogP contribution in [0.5, 0.6) is 0 Å². The summed E-state index contributed by atoms with van der Waals surface area (Å²) in [7, 11) is 1.34. The predicted octanol–water partition coefficient (Wildman–Crippen LogP) is 1.42. The summed E-state index contributed by atoms with van der Waals surface area (Å²) in [5.74, 6) is -1.50. The molecule has 0 heterocycles. The summed E-state index contributed by atoms with van der Waals surface area (Å²) in [6, 6.07) is 0. The summed E-state index contributed by atoms with van der Waals surface area (Å²) in [4.78, 5) is 23.0. The SMILES string of the molecule is COC=C(C(=O)OC(C)C)C(=O)OC(C)C. The molecule has 0 spiro atoms. The van der Waals surface area contributed by atoms with E-state index in [9.17, 15) is 9.59 Å². The molecule has 0 saturated heterocycles. The third-order valence-electron chi connectivity index (χ3n) is 1.36. The van der Waals surface area contributed by atoms with Gasteiger partial charge in [-0.05, 0) is 27.7 Å². The molecule has 0 aromatic heterocycles. The number of hydrogen-bond acceptors (Lipinski definition) is 5. The second-order valence-corrected chi connectivity index (χ2v) is 3.68. The van der Waals surface area contributed by atoms with Gasteiger partial charge in [-0.3, -0.25) is 0 Å². The predicted molar refractivity (Wildman–Crippen MR) is 57.5 cm³/mol. The van der Waals surface area contributed by atoms with Gasteiger partial charge in [0.05, 0.1) is 19.3 Å². The van der Waals surface area contributed by atoms with Crippen molar-refractivity contribution in [1.29, 1.82) is 0 Å². The van der Waals surface area contributed by atoms with E-state index in [4.69, 9.17) is 9.47 Å². The van der Waals surface area contributed by atoms with Crippen LogP contribution in [0.2, 0.25) is 0 Å². The molecule has 92 valence electrons. The highest BCUT2D eigenvalue weighted by Gasteiger charge is 2.23. The number of rotatable bonds is 5. The molecular weight excluding hydrogens is 212 g/mol. The Morgan fingerprint density at radius 1 is 0.938 bits per heavy atom. The first kappa shape index (κ1) is 14.5. The molecule has 0 rings (SSSR count). The van der Waals surface area contributed by atoms with E-state index in [2.05, 4.69) is 4.74 Å². The summed E-state index contributed by atoms with van der Waals surface area (Å²) in [5, 5.41) is 0. The minimum atomic E-state index is -0.748. The van der Waals surface area contributed by atoms with Crippen molar-refractivity contribution in [2.45, 2.75) is 39.9 Å². The Labute approximate surface area is 95.4 Å². The Hall–Kier alpha value is -1.52. The smallest absolute Gasteiger partial charge is 0.349 e. The average Bonchev–Trinajstić information content (AvgIpc) is 2.11. The van der Waals surface area contributed by atoms with Gasteiger partial charge in [0.1, 0.15) is 6.26 Å². The highest BCUT2D eigenvalue weighted by atomic mass is 16.6. The maximum Gasteiger partial charge on any atom is 0.349 e. The van der Waals surface area contributed by atoms with Crippen molar-refractivity contribution in [3.05, 3.63) is 11.8 Å². The van der Waals surface area contributed by atoms with Gasteiger partial charge >= 0.3 is 11.9 Å². The van der Waals surface area contributed by atoms with Crippen molar-refractivity contribution in [1.82, 2.24) is 0 Å². The summed E-state index contributed by atoms with van der Waals surface area (Å²) in [6.07, 6.45) is 0.411. The van der Waals surface area contributed by atoms with Crippen LogP contribution in [0.4, 0.5) is 0 Å². The molecule has 0 radical (unpaired) electrons. The molecule has 16 heavy (non-hydrogen) atoms. The summed E-state index contributed by atoms with van der Waals surface area (Å²) < 4.78 is 14.4. The van der Waals surface area contributed by atoms with Crippen molar-refractivity contribution in [3.8, 4) is 0 Å². The topological polar surface area (TPSA) is 61.8 Å². The van der Waals surface area contributed by atoms with Gasteiger partial charge in [0.25, 0.3) is 0 Å². The van der Waals surface area contributed by atoms with E-state index in [1.165, 1.54) is 7.11 Å². The fourth-order valence-corrected chi connectivity index (χ4v) is 0.853. The Kier molecular flexibility index (Phi) is 6.22. The maximum absolute atomic E-state index is 11.5. The third-order valence-corrected chi connectivity index (χ3v) is 1.36. The molecule has 0 aliphatic heterocycles. The lowest BCUT2D eigenvalue weighted by molar-refractivity contribution is -0.151. The van der Waals surface area contributed by atoms with Gasteiger partial charge in [0.15, 0.2) is 5.57 Å². The first-order valence-corrected chi connectivity index (χ1v) is 5.03. The van der Waals surface area contributed by atoms with Crippen LogP contribution >= 0.6 is 0 Å². The molecule has 0 N–H and O–H groups in total. The summed E-state index contributed by atoms with van der Waals surface area (Å²) >= 11 is 0. The molecular formula is C11H18O5. The van der Waals surface area contributed by atoms with Crippen LogP contribution in [0, 0.1) is 0 Å². The monoisotopic (exact) mass is 230 g/mol. The van der Waals surface area contributed by atoms with Crippen LogP contribution in [-0.4, -0.2) is 31.3 Å². The van der Waals surface area contributed by atoms with Crippen molar-refractivity contribution >= 4 is 11.9 Å². The Morgan fingerprint density at radius 3 is 1.56 bits per heavy atom. The number of ether oxygens (including phenoxy) is 3. The quantitative estimate of drug-likeness (QED) is 0.235. The second-order valence-electron chi connectivity index (χ2n) is 3.68. The van der Waals surface area contributed by atoms with E-state index < -0.39 is 11.9 Å². The fraction of sp³-hybridized carbons (Fsp3) is 0.636. The van der Waals surface area contributed by atoms with E-state index in [-0.39, 0.29) is 17.8 Å². The largest absolute Gasteiger partial charge is 0.503 e. The molecule has 0 aromatic carbocycles. The second kappa shape index (κ2) is 6.87. The van der Waals surface area contributed by atoms with Gasteiger partial charge in [-0.15, -0.1) is 0 Å². The number of carbonyl (C=O) groups is 2. The van der Waals surface area contributed by atoms with Gasteiger partial charge in [-0.25, -0.2) is 9.59 Å². The molecule has 0 aliphatic rings. The highest BCUT2D eigenvalue weighted by molar-refractivity contribution is 6.13. The summed E-state index contributed by atoms with van der Waals surface area (Å²) in [5.41, 5.74) is -0.245. The Bertz CT molecular complexity index is 254. The zero-order valence-corrected chi connectivity index (χ0v) is 10.3. The minimum Gasteiger partial charge on any atom is -0.503 e. The highest BCUT2D eigenvalue weighted by Crippen LogP contribution is 2.06. The maximum atomic E-state index is 11.5. The van der Waals surface area contributed by atoms with Crippen molar-refractivity contribution in [2.75, 3.05) is 7.11 Å². The van der Waals surface area contributed by atoms with Crippen LogP contribution < -0.4 is 0 Å². The number of hydrogen-bond donors (Lipinski definition) is 0. The number of esters is 2. The number of carbonyl (C=O) groups excluding carboxylic acids is 2. The molecule has 0 fully saturated rings. The molecule has 5 nitrogen and oxygen atoms in total. The molecule has 0 amide bonds. The molecule has 5 heteroatoms. The van der Waals surface area contributed by atoms with Crippen molar-refractivity contribution in [3.63, 3.8) is 0 Å². The van der Waals surface area contributed by atoms with Gasteiger partial charge in [-0.2, -0.15) is 0 Å². The van der Waals surface area contributed by atoms with Crippen LogP contribution in [-0.2, 0) is 23.8 Å². The Balaban J connectivity index is 4.68. The van der Waals surface area contributed by atoms with Gasteiger partial charge in [0, 0.05) is 0 Å². The zero-order chi connectivity index (χ0) is 12.7. The summed E-state index contributed by atoms with van der Waals surface area (Å²) in [6.45, 7) is 6.76.